The maximum Gasteiger partial charge on any atom is 0.264 e. The number of likely N-dealkylation sites (N-methyl/N-ethyl adjacent to an activating group) is 1. The number of nitrogens with zero attached hydrogens (tertiary/aromatic N) is 1. The fourth-order valence-corrected chi connectivity index (χ4v) is 2.05. The van der Waals surface area contributed by atoms with Crippen molar-refractivity contribution in [2.45, 2.75) is 19.4 Å². The van der Waals surface area contributed by atoms with Gasteiger partial charge < -0.3 is 20.7 Å². The Morgan fingerprint density at radius 3 is 3.05 bits per heavy atom. The van der Waals surface area contributed by atoms with Crippen molar-refractivity contribution in [2.24, 2.45) is 5.73 Å². The Kier molecular flexibility index (Phi) is 4.76. The first-order valence-electron chi connectivity index (χ1n) is 6.65. The highest BCUT2D eigenvalue weighted by molar-refractivity contribution is 5.97. The van der Waals surface area contributed by atoms with Crippen LogP contribution in [0.15, 0.2) is 18.2 Å². The molecule has 0 saturated heterocycles. The SMILES string of the molecule is CN1C(=O)COc2ccc(CNCCCCN)cc21. The predicted octanol–water partition coefficient (Wildman–Crippen LogP) is 0.870. The van der Waals surface area contributed by atoms with Crippen molar-refractivity contribution >= 4 is 11.6 Å². The van der Waals surface area contributed by atoms with Gasteiger partial charge in [0.25, 0.3) is 5.91 Å². The van der Waals surface area contributed by atoms with Gasteiger partial charge in [-0.25, -0.2) is 0 Å². The molecule has 1 aromatic carbocycles. The summed E-state index contributed by atoms with van der Waals surface area (Å²) in [6.07, 6.45) is 2.13. The summed E-state index contributed by atoms with van der Waals surface area (Å²) in [6, 6.07) is 5.95. The zero-order valence-electron chi connectivity index (χ0n) is 11.3. The molecule has 3 N–H and O–H groups in total. The van der Waals surface area contributed by atoms with Crippen LogP contribution in [0, 0.1) is 0 Å². The summed E-state index contributed by atoms with van der Waals surface area (Å²) >= 11 is 0. The van der Waals surface area contributed by atoms with Crippen LogP contribution in [0.25, 0.3) is 0 Å². The van der Waals surface area contributed by atoms with Gasteiger partial charge in [-0.15, -0.1) is 0 Å². The van der Waals surface area contributed by atoms with Crippen LogP contribution in [0.5, 0.6) is 5.75 Å². The Morgan fingerprint density at radius 1 is 1.42 bits per heavy atom. The van der Waals surface area contributed by atoms with Gasteiger partial charge in [-0.1, -0.05) is 6.07 Å². The Bertz CT molecular complexity index is 448. The topological polar surface area (TPSA) is 67.6 Å². The fourth-order valence-electron chi connectivity index (χ4n) is 2.05. The number of hydrogen-bond acceptors (Lipinski definition) is 4. The minimum atomic E-state index is -0.0134. The lowest BCUT2D eigenvalue weighted by Gasteiger charge is -2.26. The molecule has 1 amide bonds. The Balaban J connectivity index is 1.94. The van der Waals surface area contributed by atoms with Crippen molar-refractivity contribution in [3.8, 4) is 5.75 Å². The largest absolute Gasteiger partial charge is 0.482 e. The fraction of sp³-hybridized carbons (Fsp3) is 0.500. The summed E-state index contributed by atoms with van der Waals surface area (Å²) in [5, 5.41) is 3.37. The van der Waals surface area contributed by atoms with Crippen LogP contribution >= 0.6 is 0 Å². The second-order valence-corrected chi connectivity index (χ2v) is 4.72. The summed E-state index contributed by atoms with van der Waals surface area (Å²) in [7, 11) is 1.78. The smallest absolute Gasteiger partial charge is 0.264 e. The van der Waals surface area contributed by atoms with E-state index in [0.717, 1.165) is 49.5 Å². The van der Waals surface area contributed by atoms with Crippen LogP contribution in [-0.2, 0) is 11.3 Å². The summed E-state index contributed by atoms with van der Waals surface area (Å²) in [4.78, 5) is 13.2. The number of nitrogens with one attached hydrogen (secondary N) is 1. The van der Waals surface area contributed by atoms with Crippen molar-refractivity contribution in [1.82, 2.24) is 5.32 Å². The molecule has 0 aromatic heterocycles. The van der Waals surface area contributed by atoms with E-state index in [1.165, 1.54) is 0 Å². The number of carbonyl (C=O) groups is 1. The van der Waals surface area contributed by atoms with Gasteiger partial charge >= 0.3 is 0 Å². The summed E-state index contributed by atoms with van der Waals surface area (Å²) in [5.74, 6) is 0.759. The van der Waals surface area contributed by atoms with Crippen molar-refractivity contribution in [3.05, 3.63) is 23.8 Å². The van der Waals surface area contributed by atoms with E-state index >= 15 is 0 Å². The number of anilines is 1. The Labute approximate surface area is 113 Å². The minimum Gasteiger partial charge on any atom is -0.482 e. The third kappa shape index (κ3) is 3.45. The number of hydrogen-bond donors (Lipinski definition) is 2. The molecule has 0 aliphatic carbocycles. The molecule has 0 radical (unpaired) electrons. The van der Waals surface area contributed by atoms with Gasteiger partial charge in [-0.2, -0.15) is 0 Å². The van der Waals surface area contributed by atoms with Gasteiger partial charge in [-0.3, -0.25) is 4.79 Å². The number of amides is 1. The van der Waals surface area contributed by atoms with Crippen LogP contribution in [0.4, 0.5) is 5.69 Å². The molecule has 1 aliphatic rings. The zero-order valence-corrected chi connectivity index (χ0v) is 11.3. The first-order chi connectivity index (χ1) is 9.22. The Morgan fingerprint density at radius 2 is 2.26 bits per heavy atom. The average molecular weight is 263 g/mol. The van der Waals surface area contributed by atoms with Crippen LogP contribution in [-0.4, -0.2) is 32.7 Å². The van der Waals surface area contributed by atoms with Crippen LogP contribution < -0.4 is 20.7 Å². The normalized spacial score (nSPS) is 14.2. The highest BCUT2D eigenvalue weighted by atomic mass is 16.5. The number of ether oxygens (including phenoxy) is 1. The van der Waals surface area contributed by atoms with E-state index in [0.29, 0.717) is 0 Å². The lowest BCUT2D eigenvalue weighted by molar-refractivity contribution is -0.120. The third-order valence-electron chi connectivity index (χ3n) is 3.25. The van der Waals surface area contributed by atoms with Crippen molar-refractivity contribution < 1.29 is 9.53 Å². The molecule has 1 aromatic rings. The van der Waals surface area contributed by atoms with Gasteiger partial charge in [0, 0.05) is 13.6 Å². The highest BCUT2D eigenvalue weighted by Gasteiger charge is 2.21. The predicted molar refractivity (Wildman–Crippen MR) is 75.3 cm³/mol. The maximum absolute atomic E-state index is 11.6. The molecule has 1 heterocycles. The van der Waals surface area contributed by atoms with Crippen molar-refractivity contribution in [2.75, 3.05) is 31.6 Å². The zero-order chi connectivity index (χ0) is 13.7. The first-order valence-corrected chi connectivity index (χ1v) is 6.65. The number of nitrogens with two attached hydrogens (primary N) is 1. The number of rotatable bonds is 6. The summed E-state index contributed by atoms with van der Waals surface area (Å²) in [5.41, 5.74) is 7.44. The third-order valence-corrected chi connectivity index (χ3v) is 3.25. The molecule has 0 saturated carbocycles. The maximum atomic E-state index is 11.6. The molecule has 1 aliphatic heterocycles. The highest BCUT2D eigenvalue weighted by Crippen LogP contribution is 2.31. The average Bonchev–Trinajstić information content (AvgIpc) is 2.43. The van der Waals surface area contributed by atoms with Crippen molar-refractivity contribution in [1.29, 1.82) is 0 Å². The Hall–Kier alpha value is -1.59. The number of fused-ring (bicyclic) bond motifs is 1. The molecular formula is C14H21N3O2. The quantitative estimate of drug-likeness (QED) is 0.747. The van der Waals surface area contributed by atoms with Gasteiger partial charge in [0.2, 0.25) is 0 Å². The van der Waals surface area contributed by atoms with Gasteiger partial charge in [0.15, 0.2) is 6.61 Å². The summed E-state index contributed by atoms with van der Waals surface area (Å²) in [6.45, 7) is 2.62. The number of benzene rings is 1. The molecule has 0 bridgehead atoms. The lowest BCUT2D eigenvalue weighted by Crippen LogP contribution is -2.35. The van der Waals surface area contributed by atoms with E-state index in [4.69, 9.17) is 10.5 Å². The molecule has 0 unspecified atom stereocenters. The molecular weight excluding hydrogens is 242 g/mol. The molecule has 5 heteroatoms. The standard InChI is InChI=1S/C14H21N3O2/c1-17-12-8-11(9-16-7-3-2-6-15)4-5-13(12)19-10-14(17)18/h4-5,8,16H,2-3,6-7,9-10,15H2,1H3. The monoisotopic (exact) mass is 263 g/mol. The van der Waals surface area contributed by atoms with E-state index in [-0.39, 0.29) is 12.5 Å². The molecule has 0 atom stereocenters. The van der Waals surface area contributed by atoms with Gasteiger partial charge in [-0.05, 0) is 43.6 Å². The summed E-state index contributed by atoms with van der Waals surface area (Å²) < 4.78 is 5.39. The van der Waals surface area contributed by atoms with Crippen molar-refractivity contribution in [3.63, 3.8) is 0 Å². The minimum absolute atomic E-state index is 0.0134. The van der Waals surface area contributed by atoms with Crippen LogP contribution in [0.1, 0.15) is 18.4 Å². The van der Waals surface area contributed by atoms with Gasteiger partial charge in [0.05, 0.1) is 5.69 Å². The molecule has 104 valence electrons. The molecule has 0 fully saturated rings. The molecule has 2 rings (SSSR count). The number of unbranched alkanes of at least 4 members (excludes halogenated alkanes) is 1. The lowest BCUT2D eigenvalue weighted by atomic mass is 10.1. The number of carbonyl (C=O) groups excluding carboxylic acids is 1. The first kappa shape index (κ1) is 13.8. The van der Waals surface area contributed by atoms with Gasteiger partial charge in [0.1, 0.15) is 5.75 Å². The van der Waals surface area contributed by atoms with E-state index in [9.17, 15) is 4.79 Å². The van der Waals surface area contributed by atoms with E-state index in [2.05, 4.69) is 5.32 Å². The molecule has 0 spiro atoms. The second kappa shape index (κ2) is 6.54. The van der Waals surface area contributed by atoms with Crippen LogP contribution in [0.3, 0.4) is 0 Å². The van der Waals surface area contributed by atoms with Crippen LogP contribution in [0.2, 0.25) is 0 Å². The molecule has 19 heavy (non-hydrogen) atoms. The van der Waals surface area contributed by atoms with E-state index < -0.39 is 0 Å². The van der Waals surface area contributed by atoms with E-state index in [1.54, 1.807) is 11.9 Å². The van der Waals surface area contributed by atoms with E-state index in [1.807, 2.05) is 18.2 Å². The second-order valence-electron chi connectivity index (χ2n) is 4.72. The molecule has 5 nitrogen and oxygen atoms in total.